The van der Waals surface area contributed by atoms with E-state index in [1.807, 2.05) is 54.6 Å². The van der Waals surface area contributed by atoms with Crippen molar-refractivity contribution in [1.82, 2.24) is 0 Å². The van der Waals surface area contributed by atoms with E-state index in [2.05, 4.69) is 0 Å². The van der Waals surface area contributed by atoms with E-state index in [1.54, 1.807) is 4.90 Å². The van der Waals surface area contributed by atoms with E-state index in [9.17, 15) is 9.59 Å². The number of rotatable bonds is 2. The van der Waals surface area contributed by atoms with E-state index in [0.717, 1.165) is 35.4 Å². The number of hydrogen-bond donors (Lipinski definition) is 0. The van der Waals surface area contributed by atoms with Crippen molar-refractivity contribution in [3.63, 3.8) is 0 Å². The van der Waals surface area contributed by atoms with E-state index in [0.29, 0.717) is 11.4 Å². The van der Waals surface area contributed by atoms with Gasteiger partial charge in [0, 0.05) is 40.7 Å². The molecule has 3 nitrogen and oxygen atoms in total. The first-order valence-electron chi connectivity index (χ1n) is 8.55. The molecule has 4 heteroatoms. The van der Waals surface area contributed by atoms with E-state index in [-0.39, 0.29) is 24.0 Å². The van der Waals surface area contributed by atoms with Crippen LogP contribution in [-0.2, 0) is 9.59 Å². The molecule has 25 heavy (non-hydrogen) atoms. The van der Waals surface area contributed by atoms with Crippen LogP contribution in [0, 0.1) is 0 Å². The maximum Gasteiger partial charge on any atom is 0.232 e. The number of para-hydroxylation sites is 1. The summed E-state index contributed by atoms with van der Waals surface area (Å²) in [5.41, 5.74) is 3.31. The molecule has 2 aromatic rings. The number of allylic oxidation sites excluding steroid dienone is 2. The highest BCUT2D eigenvalue weighted by molar-refractivity contribution is 6.31. The number of carbonyl (C=O) groups is 2. The quantitative estimate of drug-likeness (QED) is 0.774. The van der Waals surface area contributed by atoms with Crippen molar-refractivity contribution >= 4 is 29.0 Å². The van der Waals surface area contributed by atoms with Crippen LogP contribution in [0.2, 0.25) is 5.02 Å². The molecule has 0 N–H and O–H groups in total. The summed E-state index contributed by atoms with van der Waals surface area (Å²) >= 11 is 6.38. The van der Waals surface area contributed by atoms with Gasteiger partial charge >= 0.3 is 0 Å². The minimum atomic E-state index is -0.246. The van der Waals surface area contributed by atoms with Crippen molar-refractivity contribution in [2.75, 3.05) is 4.90 Å². The maximum absolute atomic E-state index is 13.0. The van der Waals surface area contributed by atoms with Gasteiger partial charge < -0.3 is 0 Å². The van der Waals surface area contributed by atoms with Crippen LogP contribution in [0.3, 0.4) is 0 Å². The van der Waals surface area contributed by atoms with Gasteiger partial charge in [-0.1, -0.05) is 48.0 Å². The second-order valence-electron chi connectivity index (χ2n) is 6.48. The number of carbonyl (C=O) groups excluding carboxylic acids is 2. The second kappa shape index (κ2) is 6.49. The molecule has 0 fully saturated rings. The van der Waals surface area contributed by atoms with Gasteiger partial charge in [0.05, 0.1) is 0 Å². The molecular formula is C21H18ClNO2. The fourth-order valence-corrected chi connectivity index (χ4v) is 4.16. The number of halogens is 1. The van der Waals surface area contributed by atoms with Gasteiger partial charge in [-0.2, -0.15) is 0 Å². The summed E-state index contributed by atoms with van der Waals surface area (Å²) in [5, 5.41) is 0.610. The van der Waals surface area contributed by atoms with Gasteiger partial charge in [0.1, 0.15) is 0 Å². The molecule has 1 unspecified atom stereocenters. The predicted octanol–water partition coefficient (Wildman–Crippen LogP) is 4.87. The molecule has 2 aliphatic rings. The fourth-order valence-electron chi connectivity index (χ4n) is 3.89. The van der Waals surface area contributed by atoms with E-state index in [1.165, 1.54) is 0 Å². The highest BCUT2D eigenvalue weighted by atomic mass is 35.5. The molecular weight excluding hydrogens is 334 g/mol. The van der Waals surface area contributed by atoms with Gasteiger partial charge in [0.15, 0.2) is 5.78 Å². The van der Waals surface area contributed by atoms with Crippen molar-refractivity contribution < 1.29 is 9.59 Å². The summed E-state index contributed by atoms with van der Waals surface area (Å²) in [7, 11) is 0. The first-order chi connectivity index (χ1) is 12.2. The molecule has 1 atom stereocenters. The Morgan fingerprint density at radius 3 is 2.40 bits per heavy atom. The lowest BCUT2D eigenvalue weighted by molar-refractivity contribution is -0.119. The highest BCUT2D eigenvalue weighted by Gasteiger charge is 2.40. The standard InChI is InChI=1S/C21H18ClNO2/c22-17-10-5-4-9-15(17)16-13-20(25)23(14-7-2-1-3-8-14)18-11-6-12-19(24)21(16)18/h1-5,7-10,16H,6,11-13H2. The van der Waals surface area contributed by atoms with Crippen molar-refractivity contribution in [3.05, 3.63) is 76.5 Å². The Morgan fingerprint density at radius 1 is 0.920 bits per heavy atom. The molecule has 0 saturated carbocycles. The molecule has 1 aliphatic heterocycles. The lowest BCUT2D eigenvalue weighted by atomic mass is 9.77. The molecule has 4 rings (SSSR count). The maximum atomic E-state index is 13.0. The topological polar surface area (TPSA) is 37.4 Å². The summed E-state index contributed by atoms with van der Waals surface area (Å²) < 4.78 is 0. The molecule has 1 aliphatic carbocycles. The van der Waals surface area contributed by atoms with Crippen molar-refractivity contribution in [3.8, 4) is 0 Å². The minimum absolute atomic E-state index is 0.0181. The molecule has 0 bridgehead atoms. The Kier molecular flexibility index (Phi) is 4.18. The molecule has 0 radical (unpaired) electrons. The van der Waals surface area contributed by atoms with Gasteiger partial charge in [0.2, 0.25) is 5.91 Å². The van der Waals surface area contributed by atoms with Crippen LogP contribution in [0.4, 0.5) is 5.69 Å². The lowest BCUT2D eigenvalue weighted by Gasteiger charge is -2.38. The van der Waals surface area contributed by atoms with Crippen molar-refractivity contribution in [2.24, 2.45) is 0 Å². The normalized spacial score (nSPS) is 20.7. The average Bonchev–Trinajstić information content (AvgIpc) is 2.62. The van der Waals surface area contributed by atoms with Crippen molar-refractivity contribution in [1.29, 1.82) is 0 Å². The molecule has 1 amide bonds. The molecule has 126 valence electrons. The number of nitrogens with zero attached hydrogens (tertiary/aromatic N) is 1. The molecule has 0 spiro atoms. The summed E-state index contributed by atoms with van der Waals surface area (Å²) in [6.07, 6.45) is 2.33. The number of amides is 1. The average molecular weight is 352 g/mol. The zero-order valence-electron chi connectivity index (χ0n) is 13.7. The summed E-state index contributed by atoms with van der Waals surface area (Å²) in [4.78, 5) is 27.5. The molecule has 2 aromatic carbocycles. The van der Waals surface area contributed by atoms with Gasteiger partial charge in [0.25, 0.3) is 0 Å². The Labute approximate surface area is 151 Å². The van der Waals surface area contributed by atoms with Crippen LogP contribution in [0.5, 0.6) is 0 Å². The second-order valence-corrected chi connectivity index (χ2v) is 6.89. The summed E-state index contributed by atoms with van der Waals surface area (Å²) in [5.74, 6) is -0.0897. The van der Waals surface area contributed by atoms with Gasteiger partial charge in [-0.3, -0.25) is 14.5 Å². The van der Waals surface area contributed by atoms with E-state index >= 15 is 0 Å². The third-order valence-corrected chi connectivity index (χ3v) is 5.31. The summed E-state index contributed by atoms with van der Waals surface area (Å²) in [6, 6.07) is 17.1. The lowest BCUT2D eigenvalue weighted by Crippen LogP contribution is -2.40. The van der Waals surface area contributed by atoms with Crippen LogP contribution in [-0.4, -0.2) is 11.7 Å². The van der Waals surface area contributed by atoms with Crippen LogP contribution < -0.4 is 4.90 Å². The molecule has 0 aromatic heterocycles. The number of anilines is 1. The first kappa shape index (κ1) is 16.1. The number of ketones is 1. The van der Waals surface area contributed by atoms with Gasteiger partial charge in [-0.05, 0) is 36.6 Å². The van der Waals surface area contributed by atoms with Gasteiger partial charge in [-0.15, -0.1) is 0 Å². The first-order valence-corrected chi connectivity index (χ1v) is 8.93. The van der Waals surface area contributed by atoms with Crippen LogP contribution in [0.15, 0.2) is 65.9 Å². The number of Topliss-reactive ketones (excluding diaryl/α,β-unsaturated/α-hetero) is 1. The Morgan fingerprint density at radius 2 is 1.64 bits per heavy atom. The molecule has 1 heterocycles. The minimum Gasteiger partial charge on any atom is -0.294 e. The monoisotopic (exact) mass is 351 g/mol. The van der Waals surface area contributed by atoms with Crippen molar-refractivity contribution in [2.45, 2.75) is 31.6 Å². The molecule has 0 saturated heterocycles. The zero-order chi connectivity index (χ0) is 17.4. The Bertz CT molecular complexity index is 872. The predicted molar refractivity (Wildman–Crippen MR) is 98.6 cm³/mol. The smallest absolute Gasteiger partial charge is 0.232 e. The van der Waals surface area contributed by atoms with Crippen LogP contribution in [0.25, 0.3) is 0 Å². The van der Waals surface area contributed by atoms with Crippen LogP contribution in [0.1, 0.15) is 37.2 Å². The Hall–Kier alpha value is -2.39. The van der Waals surface area contributed by atoms with E-state index < -0.39 is 0 Å². The Balaban J connectivity index is 1.89. The van der Waals surface area contributed by atoms with Crippen LogP contribution >= 0.6 is 11.6 Å². The fraction of sp³-hybridized carbons (Fsp3) is 0.238. The number of hydrogen-bond acceptors (Lipinski definition) is 2. The SMILES string of the molecule is O=C1CCCC2=C1C(c1ccccc1Cl)CC(=O)N2c1ccccc1. The number of benzene rings is 2. The highest BCUT2D eigenvalue weighted by Crippen LogP contribution is 2.44. The van der Waals surface area contributed by atoms with Gasteiger partial charge in [-0.25, -0.2) is 0 Å². The largest absolute Gasteiger partial charge is 0.294 e. The van der Waals surface area contributed by atoms with E-state index in [4.69, 9.17) is 11.6 Å². The third-order valence-electron chi connectivity index (χ3n) is 4.97. The zero-order valence-corrected chi connectivity index (χ0v) is 14.5. The summed E-state index contributed by atoms with van der Waals surface area (Å²) in [6.45, 7) is 0. The third kappa shape index (κ3) is 2.79.